The van der Waals surface area contributed by atoms with Crippen LogP contribution in [0.5, 0.6) is 11.5 Å². The van der Waals surface area contributed by atoms with Crippen molar-refractivity contribution < 1.29 is 4.74 Å². The molecule has 0 saturated carbocycles. The van der Waals surface area contributed by atoms with Crippen molar-refractivity contribution >= 4 is 43.6 Å². The second kappa shape index (κ2) is 6.64. The van der Waals surface area contributed by atoms with E-state index < -0.39 is 0 Å². The molecule has 0 fully saturated rings. The number of thioether (sulfide) groups is 1. The Balaban J connectivity index is 2.17. The molecule has 4 heteroatoms. The number of benzene rings is 2. The van der Waals surface area contributed by atoms with E-state index in [0.29, 0.717) is 0 Å². The fraction of sp³-hybridized carbons (Fsp3) is 0.143. The highest BCUT2D eigenvalue weighted by atomic mass is 79.9. The van der Waals surface area contributed by atoms with Crippen LogP contribution in [0.2, 0.25) is 0 Å². The van der Waals surface area contributed by atoms with Crippen LogP contribution < -0.4 is 4.74 Å². The SMILES string of the molecule is CSc1ccc(Oc2ccc(CBr)cc2Br)cc1. The molecule has 0 atom stereocenters. The molecule has 1 nitrogen and oxygen atoms in total. The number of hydrogen-bond donors (Lipinski definition) is 0. The van der Waals surface area contributed by atoms with E-state index in [1.807, 2.05) is 24.3 Å². The maximum absolute atomic E-state index is 5.84. The summed E-state index contributed by atoms with van der Waals surface area (Å²) in [5, 5.41) is 0.842. The third kappa shape index (κ3) is 3.53. The molecule has 0 aromatic heterocycles. The van der Waals surface area contributed by atoms with Gasteiger partial charge in [0.15, 0.2) is 0 Å². The van der Waals surface area contributed by atoms with Crippen molar-refractivity contribution in [2.24, 2.45) is 0 Å². The number of hydrogen-bond acceptors (Lipinski definition) is 2. The summed E-state index contributed by atoms with van der Waals surface area (Å²) in [5.41, 5.74) is 1.21. The van der Waals surface area contributed by atoms with Crippen LogP contribution in [-0.4, -0.2) is 6.26 Å². The normalized spacial score (nSPS) is 10.4. The fourth-order valence-electron chi connectivity index (χ4n) is 1.48. The van der Waals surface area contributed by atoms with Crippen LogP contribution in [0.1, 0.15) is 5.56 Å². The Labute approximate surface area is 128 Å². The lowest BCUT2D eigenvalue weighted by Crippen LogP contribution is -1.87. The maximum atomic E-state index is 5.84. The van der Waals surface area contributed by atoms with Crippen LogP contribution in [0.3, 0.4) is 0 Å². The molecule has 0 unspecified atom stereocenters. The molecule has 2 rings (SSSR count). The molecule has 2 aromatic rings. The van der Waals surface area contributed by atoms with Crippen LogP contribution in [0, 0.1) is 0 Å². The zero-order valence-corrected chi connectivity index (χ0v) is 13.8. The molecular weight excluding hydrogens is 376 g/mol. The third-order valence-electron chi connectivity index (χ3n) is 2.44. The van der Waals surface area contributed by atoms with E-state index in [1.165, 1.54) is 10.5 Å². The van der Waals surface area contributed by atoms with Gasteiger partial charge in [-0.1, -0.05) is 22.0 Å². The van der Waals surface area contributed by atoms with E-state index in [4.69, 9.17) is 4.74 Å². The first-order chi connectivity index (χ1) is 8.72. The Kier molecular flexibility index (Phi) is 5.15. The van der Waals surface area contributed by atoms with E-state index in [9.17, 15) is 0 Å². The predicted octanol–water partition coefficient (Wildman–Crippen LogP) is 5.86. The van der Waals surface area contributed by atoms with Crippen molar-refractivity contribution in [3.8, 4) is 11.5 Å². The van der Waals surface area contributed by atoms with Gasteiger partial charge in [-0.2, -0.15) is 0 Å². The Morgan fingerprint density at radius 1 is 1.11 bits per heavy atom. The summed E-state index contributed by atoms with van der Waals surface area (Å²) >= 11 is 8.68. The van der Waals surface area contributed by atoms with Crippen LogP contribution >= 0.6 is 43.6 Å². The molecular formula is C14H12Br2OS. The lowest BCUT2D eigenvalue weighted by Gasteiger charge is -2.09. The fourth-order valence-corrected chi connectivity index (χ4v) is 2.75. The first-order valence-corrected chi connectivity index (χ1v) is 8.53. The molecule has 0 spiro atoms. The minimum absolute atomic E-state index is 0.830. The molecule has 0 heterocycles. The van der Waals surface area contributed by atoms with Gasteiger partial charge >= 0.3 is 0 Å². The highest BCUT2D eigenvalue weighted by molar-refractivity contribution is 9.10. The molecule has 0 N–H and O–H groups in total. The first-order valence-electron chi connectivity index (χ1n) is 5.39. The summed E-state index contributed by atoms with van der Waals surface area (Å²) in [6.45, 7) is 0. The van der Waals surface area contributed by atoms with E-state index in [1.54, 1.807) is 11.8 Å². The smallest absolute Gasteiger partial charge is 0.141 e. The van der Waals surface area contributed by atoms with Crippen molar-refractivity contribution in [1.82, 2.24) is 0 Å². The molecule has 0 aliphatic rings. The number of halogens is 2. The lowest BCUT2D eigenvalue weighted by atomic mass is 10.2. The van der Waals surface area contributed by atoms with Gasteiger partial charge in [0.1, 0.15) is 11.5 Å². The van der Waals surface area contributed by atoms with Gasteiger partial charge in [-0.05, 0) is 64.1 Å². The van der Waals surface area contributed by atoms with Crippen molar-refractivity contribution in [1.29, 1.82) is 0 Å². The first kappa shape index (κ1) is 14.0. The largest absolute Gasteiger partial charge is 0.456 e. The zero-order valence-electron chi connectivity index (χ0n) is 9.82. The van der Waals surface area contributed by atoms with Gasteiger partial charge in [0, 0.05) is 10.2 Å². The van der Waals surface area contributed by atoms with E-state index in [2.05, 4.69) is 56.3 Å². The molecule has 94 valence electrons. The summed E-state index contributed by atoms with van der Waals surface area (Å²) in [5.74, 6) is 1.68. The molecule has 0 bridgehead atoms. The standard InChI is InChI=1S/C14H12Br2OS/c1-18-12-5-3-11(4-6-12)17-14-7-2-10(9-15)8-13(14)16/h2-8H,9H2,1H3. The second-order valence-electron chi connectivity index (χ2n) is 3.68. The van der Waals surface area contributed by atoms with Gasteiger partial charge in [0.25, 0.3) is 0 Å². The quantitative estimate of drug-likeness (QED) is 0.480. The van der Waals surface area contributed by atoms with Crippen LogP contribution in [0.4, 0.5) is 0 Å². The van der Waals surface area contributed by atoms with Crippen molar-refractivity contribution in [2.75, 3.05) is 6.26 Å². The molecule has 2 aromatic carbocycles. The van der Waals surface area contributed by atoms with Crippen LogP contribution in [0.25, 0.3) is 0 Å². The molecule has 0 amide bonds. The molecule has 0 aliphatic heterocycles. The average molecular weight is 388 g/mol. The Morgan fingerprint density at radius 3 is 2.39 bits per heavy atom. The third-order valence-corrected chi connectivity index (χ3v) is 4.45. The van der Waals surface area contributed by atoms with Crippen LogP contribution in [-0.2, 0) is 5.33 Å². The maximum Gasteiger partial charge on any atom is 0.141 e. The summed E-state index contributed by atoms with van der Waals surface area (Å²) in [6.07, 6.45) is 2.06. The monoisotopic (exact) mass is 386 g/mol. The molecule has 0 saturated heterocycles. The van der Waals surface area contributed by atoms with E-state index in [0.717, 1.165) is 21.3 Å². The van der Waals surface area contributed by atoms with Crippen LogP contribution in [0.15, 0.2) is 51.8 Å². The highest BCUT2D eigenvalue weighted by Crippen LogP contribution is 2.31. The Morgan fingerprint density at radius 2 is 1.83 bits per heavy atom. The summed E-state index contributed by atoms with van der Waals surface area (Å²) in [7, 11) is 0. The van der Waals surface area contributed by atoms with E-state index in [-0.39, 0.29) is 0 Å². The topological polar surface area (TPSA) is 9.23 Å². The number of ether oxygens (including phenoxy) is 1. The van der Waals surface area contributed by atoms with Crippen molar-refractivity contribution in [3.05, 3.63) is 52.5 Å². The Hall–Kier alpha value is -0.450. The zero-order chi connectivity index (χ0) is 13.0. The highest BCUT2D eigenvalue weighted by Gasteiger charge is 2.04. The predicted molar refractivity (Wildman–Crippen MR) is 85.1 cm³/mol. The molecule has 18 heavy (non-hydrogen) atoms. The number of rotatable bonds is 4. The average Bonchev–Trinajstić information content (AvgIpc) is 2.42. The van der Waals surface area contributed by atoms with Crippen molar-refractivity contribution in [3.63, 3.8) is 0 Å². The minimum atomic E-state index is 0.830. The van der Waals surface area contributed by atoms with Gasteiger partial charge in [-0.15, -0.1) is 11.8 Å². The summed E-state index contributed by atoms with van der Waals surface area (Å²) < 4.78 is 6.80. The van der Waals surface area contributed by atoms with Gasteiger partial charge in [-0.3, -0.25) is 0 Å². The number of alkyl halides is 1. The summed E-state index contributed by atoms with van der Waals surface area (Å²) in [6, 6.07) is 14.2. The van der Waals surface area contributed by atoms with Gasteiger partial charge in [-0.25, -0.2) is 0 Å². The van der Waals surface area contributed by atoms with Gasteiger partial charge < -0.3 is 4.74 Å². The Bertz CT molecular complexity index is 526. The van der Waals surface area contributed by atoms with E-state index >= 15 is 0 Å². The minimum Gasteiger partial charge on any atom is -0.456 e. The second-order valence-corrected chi connectivity index (χ2v) is 5.97. The van der Waals surface area contributed by atoms with Gasteiger partial charge in [0.05, 0.1) is 4.47 Å². The lowest BCUT2D eigenvalue weighted by molar-refractivity contribution is 0.479. The van der Waals surface area contributed by atoms with Gasteiger partial charge in [0.2, 0.25) is 0 Å². The summed E-state index contributed by atoms with van der Waals surface area (Å²) in [4.78, 5) is 1.23. The molecule has 0 radical (unpaired) electrons. The van der Waals surface area contributed by atoms with Crippen molar-refractivity contribution in [2.45, 2.75) is 10.2 Å². The molecule has 0 aliphatic carbocycles.